The van der Waals surface area contributed by atoms with Gasteiger partial charge in [-0.2, -0.15) is 0 Å². The molecule has 0 spiro atoms. The van der Waals surface area contributed by atoms with E-state index in [0.29, 0.717) is 5.15 Å². The van der Waals surface area contributed by atoms with Gasteiger partial charge in [0.15, 0.2) is 0 Å². The fourth-order valence-electron chi connectivity index (χ4n) is 2.01. The summed E-state index contributed by atoms with van der Waals surface area (Å²) in [5, 5.41) is 2.64. The molecule has 1 heterocycles. The normalized spacial score (nSPS) is 11.2. The van der Waals surface area contributed by atoms with Gasteiger partial charge < -0.3 is 0 Å². The third-order valence-corrected chi connectivity index (χ3v) is 3.25. The van der Waals surface area contributed by atoms with Gasteiger partial charge in [-0.25, -0.2) is 4.98 Å². The second-order valence-electron chi connectivity index (χ2n) is 4.30. The van der Waals surface area contributed by atoms with Crippen molar-refractivity contribution in [2.45, 2.75) is 0 Å². The number of fused-ring (bicyclic) bond motifs is 1. The van der Waals surface area contributed by atoms with E-state index in [1.807, 2.05) is 60.7 Å². The second kappa shape index (κ2) is 5.25. The summed E-state index contributed by atoms with van der Waals surface area (Å²) < 4.78 is 0. The molecule has 0 unspecified atom stereocenters. The van der Waals surface area contributed by atoms with Crippen LogP contribution in [-0.4, -0.2) is 4.98 Å². The molecule has 0 fully saturated rings. The molecule has 3 aromatic rings. The summed E-state index contributed by atoms with van der Waals surface area (Å²) in [6.07, 6.45) is 4.01. The monoisotopic (exact) mass is 265 g/mol. The molecular weight excluding hydrogens is 254 g/mol. The molecule has 1 nitrogen and oxygen atoms in total. The lowest BCUT2D eigenvalue weighted by molar-refractivity contribution is 1.33. The lowest BCUT2D eigenvalue weighted by Gasteiger charge is -2.01. The predicted molar refractivity (Wildman–Crippen MR) is 82.1 cm³/mol. The Labute approximate surface area is 117 Å². The average molecular weight is 266 g/mol. The van der Waals surface area contributed by atoms with Crippen molar-refractivity contribution in [2.24, 2.45) is 0 Å². The van der Waals surface area contributed by atoms with E-state index in [-0.39, 0.29) is 0 Å². The van der Waals surface area contributed by atoms with Crippen LogP contribution in [0.2, 0.25) is 5.15 Å². The minimum atomic E-state index is 0.547. The number of benzene rings is 2. The number of pyridine rings is 1. The summed E-state index contributed by atoms with van der Waals surface area (Å²) in [5.41, 5.74) is 2.01. The predicted octanol–water partition coefficient (Wildman–Crippen LogP) is 5.06. The molecule has 1 aromatic heterocycles. The van der Waals surface area contributed by atoms with Gasteiger partial charge in [0.1, 0.15) is 5.15 Å². The molecule has 3 rings (SSSR count). The Balaban J connectivity index is 2.00. The maximum Gasteiger partial charge on any atom is 0.137 e. The highest BCUT2D eigenvalue weighted by molar-refractivity contribution is 6.34. The Kier molecular flexibility index (Phi) is 3.30. The molecule has 0 amide bonds. The molecule has 0 bridgehead atoms. The molecule has 2 heteroatoms. The molecule has 0 saturated carbocycles. The molecule has 92 valence electrons. The first-order valence-corrected chi connectivity index (χ1v) is 6.49. The number of nitrogens with zero attached hydrogens (tertiary/aromatic N) is 1. The van der Waals surface area contributed by atoms with Crippen LogP contribution in [0.15, 0.2) is 60.7 Å². The zero-order valence-electron chi connectivity index (χ0n) is 10.3. The first-order chi connectivity index (χ1) is 9.33. The number of hydrogen-bond acceptors (Lipinski definition) is 1. The lowest BCUT2D eigenvalue weighted by atomic mass is 10.1. The molecule has 0 aliphatic carbocycles. The van der Waals surface area contributed by atoms with Crippen molar-refractivity contribution in [2.75, 3.05) is 0 Å². The molecule has 0 saturated heterocycles. The van der Waals surface area contributed by atoms with Crippen LogP contribution < -0.4 is 0 Å². The lowest BCUT2D eigenvalue weighted by Crippen LogP contribution is -1.84. The van der Waals surface area contributed by atoms with Gasteiger partial charge in [0.2, 0.25) is 0 Å². The van der Waals surface area contributed by atoms with E-state index in [2.05, 4.69) is 17.1 Å². The van der Waals surface area contributed by atoms with E-state index in [1.165, 1.54) is 0 Å². The second-order valence-corrected chi connectivity index (χ2v) is 4.66. The minimum absolute atomic E-state index is 0.547. The zero-order valence-corrected chi connectivity index (χ0v) is 11.0. The van der Waals surface area contributed by atoms with E-state index in [4.69, 9.17) is 11.6 Å². The SMILES string of the molecule is Clc1nc(/C=C/c2ccccc2)cc2ccccc12. The Morgan fingerprint density at radius 3 is 2.42 bits per heavy atom. The molecule has 19 heavy (non-hydrogen) atoms. The first-order valence-electron chi connectivity index (χ1n) is 6.11. The van der Waals surface area contributed by atoms with Gasteiger partial charge in [-0.1, -0.05) is 72.3 Å². The van der Waals surface area contributed by atoms with E-state index in [1.54, 1.807) is 0 Å². The molecule has 0 aliphatic heterocycles. The summed E-state index contributed by atoms with van der Waals surface area (Å²) >= 11 is 6.20. The van der Waals surface area contributed by atoms with Gasteiger partial charge in [-0.3, -0.25) is 0 Å². The van der Waals surface area contributed by atoms with Crippen LogP contribution in [0.3, 0.4) is 0 Å². The molecule has 0 radical (unpaired) electrons. The van der Waals surface area contributed by atoms with Crippen LogP contribution >= 0.6 is 11.6 Å². The topological polar surface area (TPSA) is 12.9 Å². The summed E-state index contributed by atoms with van der Waals surface area (Å²) in [6.45, 7) is 0. The van der Waals surface area contributed by atoms with Gasteiger partial charge in [0, 0.05) is 5.39 Å². The molecule has 2 aromatic carbocycles. The van der Waals surface area contributed by atoms with Gasteiger partial charge in [-0.15, -0.1) is 0 Å². The van der Waals surface area contributed by atoms with Crippen LogP contribution in [-0.2, 0) is 0 Å². The largest absolute Gasteiger partial charge is 0.236 e. The van der Waals surface area contributed by atoms with Crippen molar-refractivity contribution in [3.8, 4) is 0 Å². The van der Waals surface area contributed by atoms with Crippen molar-refractivity contribution in [1.29, 1.82) is 0 Å². The third kappa shape index (κ3) is 2.67. The Morgan fingerprint density at radius 2 is 1.58 bits per heavy atom. The number of rotatable bonds is 2. The van der Waals surface area contributed by atoms with Gasteiger partial charge in [0.25, 0.3) is 0 Å². The van der Waals surface area contributed by atoms with E-state index >= 15 is 0 Å². The van der Waals surface area contributed by atoms with Crippen LogP contribution in [0, 0.1) is 0 Å². The van der Waals surface area contributed by atoms with E-state index in [9.17, 15) is 0 Å². The van der Waals surface area contributed by atoms with Crippen LogP contribution in [0.4, 0.5) is 0 Å². The highest BCUT2D eigenvalue weighted by atomic mass is 35.5. The average Bonchev–Trinajstić information content (AvgIpc) is 2.46. The maximum atomic E-state index is 6.20. The zero-order chi connectivity index (χ0) is 13.1. The quantitative estimate of drug-likeness (QED) is 0.590. The molecule has 0 atom stereocenters. The van der Waals surface area contributed by atoms with Crippen molar-refractivity contribution in [3.05, 3.63) is 77.1 Å². The van der Waals surface area contributed by atoms with E-state index in [0.717, 1.165) is 22.0 Å². The summed E-state index contributed by atoms with van der Waals surface area (Å²) in [4.78, 5) is 4.40. The molecular formula is C17H12ClN. The van der Waals surface area contributed by atoms with Crippen LogP contribution in [0.25, 0.3) is 22.9 Å². The fourth-order valence-corrected chi connectivity index (χ4v) is 2.28. The Hall–Kier alpha value is -2.12. The summed E-state index contributed by atoms with van der Waals surface area (Å²) in [7, 11) is 0. The minimum Gasteiger partial charge on any atom is -0.236 e. The van der Waals surface area contributed by atoms with Crippen LogP contribution in [0.5, 0.6) is 0 Å². The first kappa shape index (κ1) is 11.9. The highest BCUT2D eigenvalue weighted by Crippen LogP contribution is 2.23. The molecule has 0 aliphatic rings. The maximum absolute atomic E-state index is 6.20. The van der Waals surface area contributed by atoms with Gasteiger partial charge in [-0.05, 0) is 23.1 Å². The molecule has 0 N–H and O–H groups in total. The number of aromatic nitrogens is 1. The third-order valence-electron chi connectivity index (χ3n) is 2.96. The standard InChI is InChI=1S/C17H12ClN/c18-17-16-9-5-4-8-14(16)12-15(19-17)11-10-13-6-2-1-3-7-13/h1-12H/b11-10+. The Bertz CT molecular complexity index is 733. The Morgan fingerprint density at radius 1 is 0.842 bits per heavy atom. The van der Waals surface area contributed by atoms with Gasteiger partial charge >= 0.3 is 0 Å². The van der Waals surface area contributed by atoms with Crippen molar-refractivity contribution < 1.29 is 0 Å². The smallest absolute Gasteiger partial charge is 0.137 e. The van der Waals surface area contributed by atoms with Crippen LogP contribution in [0.1, 0.15) is 11.3 Å². The number of hydrogen-bond donors (Lipinski definition) is 0. The highest BCUT2D eigenvalue weighted by Gasteiger charge is 2.01. The summed E-state index contributed by atoms with van der Waals surface area (Å²) in [6, 6.07) is 20.2. The van der Waals surface area contributed by atoms with E-state index < -0.39 is 0 Å². The fraction of sp³-hybridized carbons (Fsp3) is 0. The van der Waals surface area contributed by atoms with Crippen molar-refractivity contribution in [1.82, 2.24) is 4.98 Å². The number of halogens is 1. The van der Waals surface area contributed by atoms with Gasteiger partial charge in [0.05, 0.1) is 5.69 Å². The van der Waals surface area contributed by atoms with Crippen molar-refractivity contribution >= 4 is 34.5 Å². The van der Waals surface area contributed by atoms with Crippen molar-refractivity contribution in [3.63, 3.8) is 0 Å². The summed E-state index contributed by atoms with van der Waals surface area (Å²) in [5.74, 6) is 0.